The molecule has 0 saturated heterocycles. The van der Waals surface area contributed by atoms with Crippen LogP contribution in [0.15, 0.2) is 93.8 Å². The van der Waals surface area contributed by atoms with Crippen molar-refractivity contribution in [3.63, 3.8) is 0 Å². The van der Waals surface area contributed by atoms with Gasteiger partial charge < -0.3 is 8.83 Å². The summed E-state index contributed by atoms with van der Waals surface area (Å²) in [6.07, 6.45) is 0. The van der Waals surface area contributed by atoms with E-state index in [0.717, 1.165) is 22.6 Å². The van der Waals surface area contributed by atoms with Gasteiger partial charge in [0.1, 0.15) is 45.6 Å². The molecule has 0 aliphatic heterocycles. The van der Waals surface area contributed by atoms with Crippen molar-refractivity contribution >= 4 is 65.4 Å². The van der Waals surface area contributed by atoms with Crippen molar-refractivity contribution in [1.29, 1.82) is 0 Å². The average molecular weight is 506 g/mol. The number of fused-ring (bicyclic) bond motifs is 10. The van der Waals surface area contributed by atoms with E-state index in [2.05, 4.69) is 0 Å². The first-order chi connectivity index (χ1) is 18.4. The van der Waals surface area contributed by atoms with Crippen LogP contribution in [0.1, 0.15) is 0 Å². The predicted octanol–water partition coefficient (Wildman–Crippen LogP) is 10.0. The highest BCUT2D eigenvalue weighted by Crippen LogP contribution is 2.40. The first-order valence-electron chi connectivity index (χ1n) is 11.9. The fraction of sp³-hybridized carbons (Fsp3) is 0. The summed E-state index contributed by atoms with van der Waals surface area (Å²) in [5.41, 5.74) is 3.53. The quantitative estimate of drug-likeness (QED) is 0.207. The zero-order chi connectivity index (χ0) is 25.7. The van der Waals surface area contributed by atoms with Crippen LogP contribution < -0.4 is 0 Å². The summed E-state index contributed by atoms with van der Waals surface area (Å²) in [5.74, 6) is -1.96. The zero-order valence-corrected chi connectivity index (χ0v) is 19.4. The van der Waals surface area contributed by atoms with Crippen molar-refractivity contribution in [2.24, 2.45) is 0 Å². The van der Waals surface area contributed by atoms with Crippen molar-refractivity contribution in [1.82, 2.24) is 0 Å². The van der Waals surface area contributed by atoms with Gasteiger partial charge in [-0.05, 0) is 89.3 Å². The lowest BCUT2D eigenvalue weighted by Crippen LogP contribution is -1.83. The van der Waals surface area contributed by atoms with E-state index >= 15 is 4.39 Å². The van der Waals surface area contributed by atoms with Crippen LogP contribution in [0.5, 0.6) is 0 Å². The minimum absolute atomic E-state index is 0.162. The number of furan rings is 2. The van der Waals surface area contributed by atoms with Crippen LogP contribution in [0.4, 0.5) is 17.6 Å². The number of rotatable bonds is 1. The van der Waals surface area contributed by atoms with E-state index in [1.807, 2.05) is 30.3 Å². The summed E-state index contributed by atoms with van der Waals surface area (Å²) in [5, 5.41) is 4.02. The van der Waals surface area contributed by atoms with E-state index in [1.165, 1.54) is 36.4 Å². The molecule has 0 saturated carbocycles. The van der Waals surface area contributed by atoms with Crippen LogP contribution in [0.3, 0.4) is 0 Å². The van der Waals surface area contributed by atoms with E-state index in [9.17, 15) is 13.2 Å². The van der Waals surface area contributed by atoms with Crippen molar-refractivity contribution in [3.05, 3.63) is 108 Å². The molecule has 0 fully saturated rings. The van der Waals surface area contributed by atoms with Gasteiger partial charge in [-0.15, -0.1) is 0 Å². The molecule has 0 aliphatic carbocycles. The Bertz CT molecular complexity index is 2290. The highest BCUT2D eigenvalue weighted by molar-refractivity contribution is 6.17. The monoisotopic (exact) mass is 506 g/mol. The molecule has 0 radical (unpaired) electrons. The first kappa shape index (κ1) is 21.3. The molecular weight excluding hydrogens is 492 g/mol. The summed E-state index contributed by atoms with van der Waals surface area (Å²) < 4.78 is 69.5. The third-order valence-corrected chi connectivity index (χ3v) is 7.29. The maximum Gasteiger partial charge on any atom is 0.146 e. The van der Waals surface area contributed by atoms with E-state index in [1.54, 1.807) is 12.1 Å². The van der Waals surface area contributed by atoms with Gasteiger partial charge in [-0.1, -0.05) is 12.1 Å². The van der Waals surface area contributed by atoms with E-state index in [-0.39, 0.29) is 5.39 Å². The van der Waals surface area contributed by atoms with Gasteiger partial charge >= 0.3 is 0 Å². The molecule has 2 aromatic heterocycles. The lowest BCUT2D eigenvalue weighted by atomic mass is 10.0. The Labute approximate surface area is 211 Å². The van der Waals surface area contributed by atoms with Gasteiger partial charge in [-0.3, -0.25) is 0 Å². The zero-order valence-electron chi connectivity index (χ0n) is 19.4. The summed E-state index contributed by atoms with van der Waals surface area (Å²) in [6, 6.07) is 21.9. The van der Waals surface area contributed by atoms with Gasteiger partial charge in [-0.25, -0.2) is 17.6 Å². The summed E-state index contributed by atoms with van der Waals surface area (Å²) in [6.45, 7) is 0. The number of benzene rings is 6. The van der Waals surface area contributed by atoms with E-state index < -0.39 is 23.3 Å². The maximum absolute atomic E-state index is 15.0. The highest BCUT2D eigenvalue weighted by Gasteiger charge is 2.18. The third-order valence-electron chi connectivity index (χ3n) is 7.29. The fourth-order valence-electron chi connectivity index (χ4n) is 5.53. The van der Waals surface area contributed by atoms with Gasteiger partial charge in [0.25, 0.3) is 0 Å². The molecule has 8 aromatic rings. The molecule has 182 valence electrons. The Balaban J connectivity index is 1.33. The number of hydrogen-bond acceptors (Lipinski definition) is 2. The van der Waals surface area contributed by atoms with Gasteiger partial charge in [0.2, 0.25) is 0 Å². The van der Waals surface area contributed by atoms with E-state index in [0.29, 0.717) is 54.6 Å². The Morgan fingerprint density at radius 3 is 1.84 bits per heavy atom. The molecule has 38 heavy (non-hydrogen) atoms. The maximum atomic E-state index is 15.0. The normalized spacial score (nSPS) is 12.2. The van der Waals surface area contributed by atoms with Crippen molar-refractivity contribution < 1.29 is 26.4 Å². The van der Waals surface area contributed by atoms with E-state index in [4.69, 9.17) is 8.83 Å². The largest absolute Gasteiger partial charge is 0.455 e. The number of hydrogen-bond donors (Lipinski definition) is 0. The second-order valence-corrected chi connectivity index (χ2v) is 9.48. The Morgan fingerprint density at radius 1 is 0.421 bits per heavy atom. The molecule has 0 aliphatic rings. The van der Waals surface area contributed by atoms with Crippen LogP contribution in [-0.2, 0) is 0 Å². The van der Waals surface area contributed by atoms with Crippen LogP contribution in [0.25, 0.3) is 76.5 Å². The molecule has 0 unspecified atom stereocenters. The predicted molar refractivity (Wildman–Crippen MR) is 141 cm³/mol. The summed E-state index contributed by atoms with van der Waals surface area (Å²) in [4.78, 5) is 0. The molecule has 0 bridgehead atoms. The van der Waals surface area contributed by atoms with Crippen LogP contribution in [0.2, 0.25) is 0 Å². The molecular formula is C32H14F4O2. The summed E-state index contributed by atoms with van der Waals surface area (Å²) >= 11 is 0. The molecule has 0 spiro atoms. The van der Waals surface area contributed by atoms with Gasteiger partial charge in [-0.2, -0.15) is 0 Å². The Morgan fingerprint density at radius 2 is 1.05 bits per heavy atom. The van der Waals surface area contributed by atoms with Gasteiger partial charge in [0.05, 0.1) is 5.39 Å². The Kier molecular flexibility index (Phi) is 4.12. The third kappa shape index (κ3) is 2.88. The second-order valence-electron chi connectivity index (χ2n) is 9.48. The smallest absolute Gasteiger partial charge is 0.146 e. The van der Waals surface area contributed by atoms with Crippen LogP contribution in [0, 0.1) is 23.3 Å². The summed E-state index contributed by atoms with van der Waals surface area (Å²) in [7, 11) is 0. The molecule has 8 rings (SSSR count). The Hall–Kier alpha value is -4.84. The molecule has 2 heterocycles. The number of halogens is 4. The lowest BCUT2D eigenvalue weighted by Gasteiger charge is -2.02. The topological polar surface area (TPSA) is 26.3 Å². The van der Waals surface area contributed by atoms with Crippen LogP contribution in [-0.4, -0.2) is 0 Å². The SMILES string of the molecule is Fc1ccc2c(c1)cc(F)c1c3ccc(-c4ccc5c(c4)oc4c6ccc(F)cc6c(F)cc54)cc3oc21. The van der Waals surface area contributed by atoms with Crippen molar-refractivity contribution in [3.8, 4) is 11.1 Å². The molecule has 0 atom stereocenters. The van der Waals surface area contributed by atoms with Gasteiger partial charge in [0.15, 0.2) is 0 Å². The molecule has 6 heteroatoms. The minimum Gasteiger partial charge on any atom is -0.455 e. The first-order valence-corrected chi connectivity index (χ1v) is 11.9. The lowest BCUT2D eigenvalue weighted by molar-refractivity contribution is 0.621. The van der Waals surface area contributed by atoms with Gasteiger partial charge in [0, 0.05) is 32.3 Å². The highest BCUT2D eigenvalue weighted by atomic mass is 19.1. The fourth-order valence-corrected chi connectivity index (χ4v) is 5.53. The second kappa shape index (κ2) is 7.35. The van der Waals surface area contributed by atoms with Crippen molar-refractivity contribution in [2.45, 2.75) is 0 Å². The molecule has 2 nitrogen and oxygen atoms in total. The molecule has 6 aromatic carbocycles. The standard InChI is InChI=1S/C32H14F4O2/c33-18-3-7-20-17(9-18)10-27(36)30-23-6-2-16(12-29(23)38-32(20)30)15-1-5-21-25-14-26(35)24-13-19(34)4-8-22(24)31(25)37-28(21)11-15/h1-14H. The van der Waals surface area contributed by atoms with Crippen molar-refractivity contribution in [2.75, 3.05) is 0 Å². The average Bonchev–Trinajstić information content (AvgIpc) is 3.47. The molecule has 0 amide bonds. The minimum atomic E-state index is -0.518. The molecule has 0 N–H and O–H groups in total. The van der Waals surface area contributed by atoms with Crippen LogP contribution >= 0.6 is 0 Å².